The highest BCUT2D eigenvalue weighted by Crippen LogP contribution is 2.21. The number of H-pyrrole nitrogens is 1. The number of aryl methyl sites for hydroxylation is 1. The van der Waals surface area contributed by atoms with Gasteiger partial charge in [0.25, 0.3) is 5.56 Å². The Kier molecular flexibility index (Phi) is 3.57. The van der Waals surface area contributed by atoms with Crippen molar-refractivity contribution in [2.75, 3.05) is 25.0 Å². The molecule has 1 saturated heterocycles. The number of aromatic nitrogens is 4. The monoisotopic (exact) mass is 324 g/mol. The maximum Gasteiger partial charge on any atom is 0.263 e. The Labute approximate surface area is 139 Å². The number of nitrogens with one attached hydrogen (secondary N) is 1. The second kappa shape index (κ2) is 5.76. The third-order valence-electron chi connectivity index (χ3n) is 4.65. The van der Waals surface area contributed by atoms with Gasteiger partial charge in [-0.3, -0.25) is 19.4 Å². The lowest BCUT2D eigenvalue weighted by Gasteiger charge is -2.44. The number of hydrogen-bond acceptors (Lipinski definition) is 5. The van der Waals surface area contributed by atoms with Gasteiger partial charge in [0.1, 0.15) is 5.39 Å². The van der Waals surface area contributed by atoms with Crippen LogP contribution in [0.3, 0.4) is 0 Å². The van der Waals surface area contributed by atoms with Crippen molar-refractivity contribution in [2.45, 2.75) is 12.6 Å². The molecule has 1 N–H and O–H groups in total. The molecule has 3 aromatic rings. The zero-order valence-electron chi connectivity index (χ0n) is 13.8. The van der Waals surface area contributed by atoms with Crippen molar-refractivity contribution in [3.63, 3.8) is 0 Å². The Balaban J connectivity index is 1.45. The van der Waals surface area contributed by atoms with Crippen LogP contribution in [0.4, 0.5) is 5.95 Å². The summed E-state index contributed by atoms with van der Waals surface area (Å²) in [5, 5.41) is 4.63. The standard InChI is InChI=1S/C17H20N6O/c1-21(9-12-6-4-3-5-7-12)13-10-23(11-13)17-19-15-14(16(24)20-17)8-18-22(15)2/h3-8,13H,9-11H2,1-2H3,(H,19,20,24). The zero-order chi connectivity index (χ0) is 16.7. The number of fused-ring (bicyclic) bond motifs is 1. The van der Waals surface area contributed by atoms with Crippen molar-refractivity contribution >= 4 is 17.0 Å². The summed E-state index contributed by atoms with van der Waals surface area (Å²) < 4.78 is 1.63. The molecular formula is C17H20N6O. The lowest BCUT2D eigenvalue weighted by Crippen LogP contribution is -2.59. The van der Waals surface area contributed by atoms with Crippen LogP contribution in [0.25, 0.3) is 11.0 Å². The second-order valence-electron chi connectivity index (χ2n) is 6.35. The molecule has 1 aliphatic heterocycles. The maximum absolute atomic E-state index is 12.1. The third-order valence-corrected chi connectivity index (χ3v) is 4.65. The van der Waals surface area contributed by atoms with E-state index in [2.05, 4.69) is 56.2 Å². The molecule has 1 aromatic carbocycles. The van der Waals surface area contributed by atoms with Crippen LogP contribution in [0.1, 0.15) is 5.56 Å². The van der Waals surface area contributed by atoms with Crippen LogP contribution >= 0.6 is 0 Å². The fraction of sp³-hybridized carbons (Fsp3) is 0.353. The number of anilines is 1. The fourth-order valence-corrected chi connectivity index (χ4v) is 3.08. The smallest absolute Gasteiger partial charge is 0.263 e. The van der Waals surface area contributed by atoms with E-state index >= 15 is 0 Å². The van der Waals surface area contributed by atoms with Gasteiger partial charge in [0.15, 0.2) is 5.65 Å². The number of nitrogens with zero attached hydrogens (tertiary/aromatic N) is 5. The first-order valence-corrected chi connectivity index (χ1v) is 8.03. The molecule has 24 heavy (non-hydrogen) atoms. The molecule has 0 radical (unpaired) electrons. The Morgan fingerprint density at radius 1 is 1.29 bits per heavy atom. The molecule has 0 amide bonds. The highest BCUT2D eigenvalue weighted by atomic mass is 16.1. The first-order chi connectivity index (χ1) is 11.6. The van der Waals surface area contributed by atoms with E-state index in [1.165, 1.54) is 5.56 Å². The first kappa shape index (κ1) is 14.9. The summed E-state index contributed by atoms with van der Waals surface area (Å²) in [5.74, 6) is 0.625. The highest BCUT2D eigenvalue weighted by Gasteiger charge is 2.31. The van der Waals surface area contributed by atoms with Crippen LogP contribution in [0.2, 0.25) is 0 Å². The van der Waals surface area contributed by atoms with Crippen molar-refractivity contribution < 1.29 is 0 Å². The number of rotatable bonds is 4. The summed E-state index contributed by atoms with van der Waals surface area (Å²) in [6.45, 7) is 2.63. The maximum atomic E-state index is 12.1. The van der Waals surface area contributed by atoms with E-state index in [9.17, 15) is 4.79 Å². The minimum absolute atomic E-state index is 0.135. The first-order valence-electron chi connectivity index (χ1n) is 8.03. The van der Waals surface area contributed by atoms with Gasteiger partial charge < -0.3 is 4.90 Å². The van der Waals surface area contributed by atoms with Crippen molar-refractivity contribution in [2.24, 2.45) is 7.05 Å². The van der Waals surface area contributed by atoms with Crippen molar-refractivity contribution in [1.29, 1.82) is 0 Å². The number of benzene rings is 1. The topological polar surface area (TPSA) is 70.1 Å². The van der Waals surface area contributed by atoms with E-state index in [0.29, 0.717) is 23.0 Å². The average Bonchev–Trinajstić information content (AvgIpc) is 2.89. The highest BCUT2D eigenvalue weighted by molar-refractivity contribution is 5.74. The molecule has 1 fully saturated rings. The van der Waals surface area contributed by atoms with E-state index < -0.39 is 0 Å². The molecule has 7 heteroatoms. The lowest BCUT2D eigenvalue weighted by atomic mass is 10.1. The molecule has 3 heterocycles. The van der Waals surface area contributed by atoms with E-state index in [0.717, 1.165) is 19.6 Å². The molecule has 0 saturated carbocycles. The minimum atomic E-state index is -0.135. The normalized spacial score (nSPS) is 15.2. The van der Waals surface area contributed by atoms with E-state index in [4.69, 9.17) is 0 Å². The van der Waals surface area contributed by atoms with Crippen LogP contribution in [-0.2, 0) is 13.6 Å². The van der Waals surface area contributed by atoms with Gasteiger partial charge in [-0.05, 0) is 12.6 Å². The molecule has 2 aromatic heterocycles. The molecule has 0 unspecified atom stereocenters. The SMILES string of the molecule is CN(Cc1ccccc1)C1CN(c2nc3c(cnn3C)c(=O)[nH]2)C1. The van der Waals surface area contributed by atoms with Gasteiger partial charge >= 0.3 is 0 Å². The molecule has 0 spiro atoms. The van der Waals surface area contributed by atoms with Gasteiger partial charge in [-0.1, -0.05) is 30.3 Å². The van der Waals surface area contributed by atoms with Crippen LogP contribution in [-0.4, -0.2) is 50.8 Å². The van der Waals surface area contributed by atoms with Crippen molar-refractivity contribution in [1.82, 2.24) is 24.6 Å². The van der Waals surface area contributed by atoms with Crippen LogP contribution < -0.4 is 10.5 Å². The minimum Gasteiger partial charge on any atom is -0.339 e. The number of aromatic amines is 1. The number of likely N-dealkylation sites (N-methyl/N-ethyl adjacent to an activating group) is 1. The Morgan fingerprint density at radius 3 is 2.79 bits per heavy atom. The van der Waals surface area contributed by atoms with E-state index in [-0.39, 0.29) is 5.56 Å². The summed E-state index contributed by atoms with van der Waals surface area (Å²) in [7, 11) is 3.93. The predicted octanol–water partition coefficient (Wildman–Crippen LogP) is 0.977. The molecule has 7 nitrogen and oxygen atoms in total. The van der Waals surface area contributed by atoms with Gasteiger partial charge in [-0.25, -0.2) is 0 Å². The quantitative estimate of drug-likeness (QED) is 0.775. The predicted molar refractivity (Wildman–Crippen MR) is 93.0 cm³/mol. The third kappa shape index (κ3) is 2.56. The summed E-state index contributed by atoms with van der Waals surface area (Å²) in [4.78, 5) is 24.0. The molecular weight excluding hydrogens is 304 g/mol. The molecule has 124 valence electrons. The molecule has 0 aliphatic carbocycles. The van der Waals surface area contributed by atoms with Crippen LogP contribution in [0.5, 0.6) is 0 Å². The van der Waals surface area contributed by atoms with E-state index in [1.807, 2.05) is 6.07 Å². The largest absolute Gasteiger partial charge is 0.339 e. The molecule has 0 atom stereocenters. The molecule has 1 aliphatic rings. The lowest BCUT2D eigenvalue weighted by molar-refractivity contribution is 0.196. The Hall–Kier alpha value is -2.67. The fourth-order valence-electron chi connectivity index (χ4n) is 3.08. The van der Waals surface area contributed by atoms with E-state index in [1.54, 1.807) is 17.9 Å². The summed E-state index contributed by atoms with van der Waals surface area (Å²) in [5.41, 5.74) is 1.79. The van der Waals surface area contributed by atoms with Crippen LogP contribution in [0, 0.1) is 0 Å². The van der Waals surface area contributed by atoms with Gasteiger partial charge in [-0.15, -0.1) is 0 Å². The average molecular weight is 324 g/mol. The molecule has 0 bridgehead atoms. The van der Waals surface area contributed by atoms with Crippen molar-refractivity contribution in [3.05, 3.63) is 52.4 Å². The van der Waals surface area contributed by atoms with Crippen LogP contribution in [0.15, 0.2) is 41.3 Å². The second-order valence-corrected chi connectivity index (χ2v) is 6.35. The Morgan fingerprint density at radius 2 is 2.04 bits per heavy atom. The van der Waals surface area contributed by atoms with Gasteiger partial charge in [0, 0.05) is 32.7 Å². The zero-order valence-corrected chi connectivity index (χ0v) is 13.8. The van der Waals surface area contributed by atoms with Gasteiger partial charge in [0.05, 0.1) is 6.20 Å². The summed E-state index contributed by atoms with van der Waals surface area (Å²) in [6, 6.07) is 10.9. The van der Waals surface area contributed by atoms with Gasteiger partial charge in [-0.2, -0.15) is 10.1 Å². The molecule has 4 rings (SSSR count). The Bertz CT molecular complexity index is 910. The van der Waals surface area contributed by atoms with Crippen molar-refractivity contribution in [3.8, 4) is 0 Å². The van der Waals surface area contributed by atoms with Gasteiger partial charge in [0.2, 0.25) is 5.95 Å². The summed E-state index contributed by atoms with van der Waals surface area (Å²) in [6.07, 6.45) is 1.55. The summed E-state index contributed by atoms with van der Waals surface area (Å²) >= 11 is 0. The number of hydrogen-bond donors (Lipinski definition) is 1.